The van der Waals surface area contributed by atoms with Crippen LogP contribution in [0.2, 0.25) is 5.02 Å². The van der Waals surface area contributed by atoms with E-state index >= 15 is 0 Å². The van der Waals surface area contributed by atoms with Crippen LogP contribution in [0.15, 0.2) is 40.9 Å². The molecular weight excluding hydrogens is 371 g/mol. The molecule has 0 aliphatic heterocycles. The first-order chi connectivity index (χ1) is 9.80. The minimum atomic E-state index is -4.51. The molecule has 2 aromatic rings. The van der Waals surface area contributed by atoms with Crippen molar-refractivity contribution in [3.8, 4) is 5.75 Å². The summed E-state index contributed by atoms with van der Waals surface area (Å²) in [6.45, 7) is 0.0120. The van der Waals surface area contributed by atoms with Crippen molar-refractivity contribution in [2.75, 3.05) is 5.32 Å². The van der Waals surface area contributed by atoms with Gasteiger partial charge in [-0.3, -0.25) is 0 Å². The summed E-state index contributed by atoms with van der Waals surface area (Å²) < 4.78 is 39.3. The molecule has 0 aliphatic rings. The van der Waals surface area contributed by atoms with Crippen LogP contribution in [0.25, 0.3) is 0 Å². The number of aromatic hydroxyl groups is 1. The number of hydrogen-bond acceptors (Lipinski definition) is 2. The Balaban J connectivity index is 2.30. The minimum absolute atomic E-state index is 0.0120. The zero-order chi connectivity index (χ0) is 15.6. The molecule has 0 unspecified atom stereocenters. The van der Waals surface area contributed by atoms with E-state index in [1.807, 2.05) is 0 Å². The van der Waals surface area contributed by atoms with Crippen molar-refractivity contribution in [1.82, 2.24) is 0 Å². The maximum absolute atomic E-state index is 12.9. The van der Waals surface area contributed by atoms with Crippen LogP contribution < -0.4 is 5.32 Å². The Morgan fingerprint density at radius 2 is 1.81 bits per heavy atom. The molecule has 21 heavy (non-hydrogen) atoms. The lowest BCUT2D eigenvalue weighted by atomic mass is 10.1. The summed E-state index contributed by atoms with van der Waals surface area (Å²) in [6, 6.07) is 8.49. The molecule has 0 heterocycles. The molecule has 0 saturated heterocycles. The van der Waals surface area contributed by atoms with E-state index in [4.69, 9.17) is 11.6 Å². The van der Waals surface area contributed by atoms with Crippen molar-refractivity contribution in [2.45, 2.75) is 12.7 Å². The molecule has 0 bridgehead atoms. The average Bonchev–Trinajstić information content (AvgIpc) is 2.40. The predicted octanol–water partition coefficient (Wildman–Crippen LogP) is 5.44. The second-order valence-electron chi connectivity index (χ2n) is 4.26. The number of phenols is 1. The van der Waals surface area contributed by atoms with Crippen LogP contribution in [-0.4, -0.2) is 5.11 Å². The van der Waals surface area contributed by atoms with Crippen LogP contribution in [0.1, 0.15) is 11.1 Å². The number of anilines is 1. The molecule has 7 heteroatoms. The molecule has 0 saturated carbocycles. The van der Waals surface area contributed by atoms with Crippen LogP contribution in [-0.2, 0) is 12.7 Å². The molecule has 112 valence electrons. The number of benzene rings is 2. The maximum atomic E-state index is 12.9. The summed E-state index contributed by atoms with van der Waals surface area (Å²) >= 11 is 8.99. The summed E-state index contributed by atoms with van der Waals surface area (Å²) in [5.41, 5.74) is -0.590. The van der Waals surface area contributed by atoms with Crippen molar-refractivity contribution in [3.05, 3.63) is 57.0 Å². The van der Waals surface area contributed by atoms with Crippen molar-refractivity contribution in [1.29, 1.82) is 0 Å². The number of hydrogen-bond donors (Lipinski definition) is 2. The first kappa shape index (κ1) is 16.0. The van der Waals surface area contributed by atoms with E-state index in [-0.39, 0.29) is 23.0 Å². The molecule has 0 fully saturated rings. The van der Waals surface area contributed by atoms with Gasteiger partial charge in [0.25, 0.3) is 0 Å². The average molecular weight is 381 g/mol. The van der Waals surface area contributed by atoms with E-state index in [1.165, 1.54) is 12.1 Å². The van der Waals surface area contributed by atoms with Gasteiger partial charge in [-0.1, -0.05) is 29.8 Å². The SMILES string of the molecule is Oc1c(Br)cccc1CNc1c(Cl)cccc1C(F)(F)F. The van der Waals surface area contributed by atoms with Gasteiger partial charge in [-0.05, 0) is 34.1 Å². The monoisotopic (exact) mass is 379 g/mol. The van der Waals surface area contributed by atoms with Gasteiger partial charge in [0, 0.05) is 12.1 Å². The van der Waals surface area contributed by atoms with Crippen molar-refractivity contribution in [2.24, 2.45) is 0 Å². The van der Waals surface area contributed by atoms with E-state index in [2.05, 4.69) is 21.2 Å². The smallest absolute Gasteiger partial charge is 0.418 e. The Morgan fingerprint density at radius 1 is 1.14 bits per heavy atom. The standard InChI is InChI=1S/C14H10BrClF3NO/c15-10-5-1-3-8(13(10)21)7-20-12-9(14(17,18)19)4-2-6-11(12)16/h1-6,20-21H,7H2. The fraction of sp³-hybridized carbons (Fsp3) is 0.143. The first-order valence-corrected chi connectivity index (χ1v) is 7.03. The topological polar surface area (TPSA) is 32.3 Å². The lowest BCUT2D eigenvalue weighted by Crippen LogP contribution is -2.11. The third kappa shape index (κ3) is 3.63. The van der Waals surface area contributed by atoms with Gasteiger partial charge in [-0.2, -0.15) is 13.2 Å². The summed E-state index contributed by atoms with van der Waals surface area (Å²) in [5.74, 6) is -0.0226. The zero-order valence-electron chi connectivity index (χ0n) is 10.5. The van der Waals surface area contributed by atoms with Gasteiger partial charge in [-0.25, -0.2) is 0 Å². The zero-order valence-corrected chi connectivity index (χ0v) is 12.9. The fourth-order valence-electron chi connectivity index (χ4n) is 1.83. The van der Waals surface area contributed by atoms with Gasteiger partial charge >= 0.3 is 6.18 Å². The number of halogens is 5. The minimum Gasteiger partial charge on any atom is -0.506 e. The van der Waals surface area contributed by atoms with Gasteiger partial charge in [0.05, 0.1) is 20.7 Å². The van der Waals surface area contributed by atoms with Crippen molar-refractivity contribution >= 4 is 33.2 Å². The van der Waals surface area contributed by atoms with Crippen LogP contribution in [0.4, 0.5) is 18.9 Å². The predicted molar refractivity (Wildman–Crippen MR) is 79.6 cm³/mol. The van der Waals surface area contributed by atoms with E-state index in [1.54, 1.807) is 18.2 Å². The molecular formula is C14H10BrClF3NO. The summed E-state index contributed by atoms with van der Waals surface area (Å²) in [6.07, 6.45) is -4.51. The highest BCUT2D eigenvalue weighted by Gasteiger charge is 2.34. The van der Waals surface area contributed by atoms with Crippen LogP contribution in [0, 0.1) is 0 Å². The van der Waals surface area contributed by atoms with E-state index < -0.39 is 11.7 Å². The molecule has 2 aromatic carbocycles. The third-order valence-electron chi connectivity index (χ3n) is 2.84. The number of phenolic OH excluding ortho intramolecular Hbond substituents is 1. The number of para-hydroxylation sites is 2. The summed E-state index contributed by atoms with van der Waals surface area (Å²) in [7, 11) is 0. The molecule has 2 rings (SSSR count). The normalized spacial score (nSPS) is 11.5. The first-order valence-electron chi connectivity index (χ1n) is 5.86. The second kappa shape index (κ2) is 6.15. The second-order valence-corrected chi connectivity index (χ2v) is 5.52. The highest BCUT2D eigenvalue weighted by Crippen LogP contribution is 2.39. The molecule has 0 radical (unpaired) electrons. The quantitative estimate of drug-likeness (QED) is 0.743. The van der Waals surface area contributed by atoms with Crippen LogP contribution in [0.5, 0.6) is 5.75 Å². The lowest BCUT2D eigenvalue weighted by molar-refractivity contribution is -0.136. The van der Waals surface area contributed by atoms with E-state index in [0.29, 0.717) is 10.0 Å². The molecule has 2 nitrogen and oxygen atoms in total. The highest BCUT2D eigenvalue weighted by molar-refractivity contribution is 9.10. The number of alkyl halides is 3. The van der Waals surface area contributed by atoms with E-state index in [0.717, 1.165) is 6.07 Å². The highest BCUT2D eigenvalue weighted by atomic mass is 79.9. The van der Waals surface area contributed by atoms with Crippen molar-refractivity contribution in [3.63, 3.8) is 0 Å². The Hall–Kier alpha value is -1.40. The van der Waals surface area contributed by atoms with E-state index in [9.17, 15) is 18.3 Å². The molecule has 0 aliphatic carbocycles. The Labute approximate surface area is 132 Å². The largest absolute Gasteiger partial charge is 0.506 e. The summed E-state index contributed by atoms with van der Waals surface area (Å²) in [5, 5.41) is 12.4. The molecule has 0 spiro atoms. The lowest BCUT2D eigenvalue weighted by Gasteiger charge is -2.16. The molecule has 2 N–H and O–H groups in total. The van der Waals surface area contributed by atoms with Crippen LogP contribution >= 0.6 is 27.5 Å². The van der Waals surface area contributed by atoms with Gasteiger partial charge < -0.3 is 10.4 Å². The van der Waals surface area contributed by atoms with Gasteiger partial charge in [0.1, 0.15) is 5.75 Å². The number of nitrogens with one attached hydrogen (secondary N) is 1. The van der Waals surface area contributed by atoms with Crippen LogP contribution in [0.3, 0.4) is 0 Å². The Kier molecular flexibility index (Phi) is 4.68. The molecule has 0 atom stereocenters. The maximum Gasteiger partial charge on any atom is 0.418 e. The van der Waals surface area contributed by atoms with Gasteiger partial charge in [0.2, 0.25) is 0 Å². The Morgan fingerprint density at radius 3 is 2.48 bits per heavy atom. The molecule has 0 amide bonds. The summed E-state index contributed by atoms with van der Waals surface area (Å²) in [4.78, 5) is 0. The number of rotatable bonds is 3. The molecule has 0 aromatic heterocycles. The fourth-order valence-corrected chi connectivity index (χ4v) is 2.47. The van der Waals surface area contributed by atoms with Gasteiger partial charge in [-0.15, -0.1) is 0 Å². The van der Waals surface area contributed by atoms with Crippen molar-refractivity contribution < 1.29 is 18.3 Å². The Bertz CT molecular complexity index is 661. The van der Waals surface area contributed by atoms with Gasteiger partial charge in [0.15, 0.2) is 0 Å². The third-order valence-corrected chi connectivity index (χ3v) is 3.80.